The largest absolute Gasteiger partial charge is 0.465 e. The Balaban J connectivity index is 1.67. The van der Waals surface area contributed by atoms with Crippen LogP contribution in [0.1, 0.15) is 30.9 Å². The van der Waals surface area contributed by atoms with E-state index < -0.39 is 12.1 Å². The molecule has 1 heterocycles. The second-order valence-corrected chi connectivity index (χ2v) is 6.73. The highest BCUT2D eigenvalue weighted by molar-refractivity contribution is 5.96. The van der Waals surface area contributed by atoms with Crippen molar-refractivity contribution in [3.05, 3.63) is 65.7 Å². The molecule has 0 saturated heterocycles. The summed E-state index contributed by atoms with van der Waals surface area (Å²) in [6.45, 7) is 2.12. The van der Waals surface area contributed by atoms with Crippen molar-refractivity contribution in [3.8, 4) is 0 Å². The third-order valence-corrected chi connectivity index (χ3v) is 4.83. The van der Waals surface area contributed by atoms with Crippen LogP contribution < -0.4 is 10.6 Å². The Morgan fingerprint density at radius 1 is 1.19 bits per heavy atom. The van der Waals surface area contributed by atoms with Gasteiger partial charge in [-0.1, -0.05) is 48.5 Å². The lowest BCUT2D eigenvalue weighted by atomic mass is 10.0. The zero-order chi connectivity index (χ0) is 19.1. The summed E-state index contributed by atoms with van der Waals surface area (Å²) in [6, 6.07) is 16.9. The fourth-order valence-electron chi connectivity index (χ4n) is 3.38. The number of para-hydroxylation sites is 1. The third-order valence-electron chi connectivity index (χ3n) is 4.83. The van der Waals surface area contributed by atoms with E-state index >= 15 is 0 Å². The summed E-state index contributed by atoms with van der Waals surface area (Å²) < 4.78 is 5.23. The van der Waals surface area contributed by atoms with Gasteiger partial charge >= 0.3 is 5.97 Å². The summed E-state index contributed by atoms with van der Waals surface area (Å²) >= 11 is 0. The average Bonchev–Trinajstić information content (AvgIpc) is 2.84. The molecule has 142 valence electrons. The molecule has 2 aromatic carbocycles. The first-order valence-corrected chi connectivity index (χ1v) is 9.52. The van der Waals surface area contributed by atoms with Gasteiger partial charge in [0.1, 0.15) is 6.04 Å². The van der Waals surface area contributed by atoms with Crippen LogP contribution in [-0.4, -0.2) is 30.6 Å². The van der Waals surface area contributed by atoms with Gasteiger partial charge in [0.15, 0.2) is 0 Å². The molecule has 27 heavy (non-hydrogen) atoms. The van der Waals surface area contributed by atoms with Crippen LogP contribution in [0.4, 0.5) is 5.69 Å². The first-order valence-electron chi connectivity index (χ1n) is 9.52. The minimum Gasteiger partial charge on any atom is -0.465 e. The van der Waals surface area contributed by atoms with Crippen LogP contribution in [0.2, 0.25) is 0 Å². The van der Waals surface area contributed by atoms with Gasteiger partial charge in [-0.25, -0.2) is 0 Å². The molecular formula is C22H26N2O3. The molecule has 2 N–H and O–H groups in total. The summed E-state index contributed by atoms with van der Waals surface area (Å²) in [7, 11) is 0. The lowest BCUT2D eigenvalue weighted by Gasteiger charge is -2.23. The molecule has 0 aromatic heterocycles. The molecule has 1 aliphatic rings. The fourth-order valence-corrected chi connectivity index (χ4v) is 3.38. The van der Waals surface area contributed by atoms with Crippen molar-refractivity contribution >= 4 is 17.6 Å². The van der Waals surface area contributed by atoms with Gasteiger partial charge in [-0.2, -0.15) is 0 Å². The third kappa shape index (κ3) is 5.17. The Morgan fingerprint density at radius 3 is 2.70 bits per heavy atom. The maximum Gasteiger partial charge on any atom is 0.323 e. The van der Waals surface area contributed by atoms with Crippen LogP contribution in [0.3, 0.4) is 0 Å². The number of ether oxygens (including phenoxy) is 1. The molecule has 0 unspecified atom stereocenters. The molecule has 2 aromatic rings. The van der Waals surface area contributed by atoms with E-state index in [4.69, 9.17) is 4.74 Å². The minimum absolute atomic E-state index is 0.103. The second-order valence-electron chi connectivity index (χ2n) is 6.73. The van der Waals surface area contributed by atoms with E-state index in [9.17, 15) is 9.59 Å². The number of rotatable bonds is 7. The average molecular weight is 366 g/mol. The van der Waals surface area contributed by atoms with Gasteiger partial charge in [-0.15, -0.1) is 0 Å². The Hall–Kier alpha value is -2.66. The maximum atomic E-state index is 12.6. The monoisotopic (exact) mass is 366 g/mol. The highest BCUT2D eigenvalue weighted by Gasteiger charge is 2.29. The summed E-state index contributed by atoms with van der Waals surface area (Å²) in [5.41, 5.74) is 3.13. The molecule has 0 bridgehead atoms. The van der Waals surface area contributed by atoms with Gasteiger partial charge < -0.3 is 10.1 Å². The molecule has 5 heteroatoms. The molecular weight excluding hydrogens is 340 g/mol. The molecule has 5 nitrogen and oxygen atoms in total. The Kier molecular flexibility index (Phi) is 6.60. The van der Waals surface area contributed by atoms with Crippen molar-refractivity contribution in [2.75, 3.05) is 11.9 Å². The lowest BCUT2D eigenvalue weighted by molar-refractivity contribution is -0.146. The van der Waals surface area contributed by atoms with Gasteiger partial charge in [0, 0.05) is 5.69 Å². The number of aryl methyl sites for hydroxylation is 2. The Labute approximate surface area is 160 Å². The predicted octanol–water partition coefficient (Wildman–Crippen LogP) is 3.09. The summed E-state index contributed by atoms with van der Waals surface area (Å²) in [6.07, 6.45) is 2.75. The number of benzene rings is 2. The number of hydrogen-bond donors (Lipinski definition) is 2. The number of carbonyl (C=O) groups excluding carboxylic acids is 2. The first-order chi connectivity index (χ1) is 13.2. The first kappa shape index (κ1) is 19.1. The topological polar surface area (TPSA) is 67.4 Å². The van der Waals surface area contributed by atoms with Crippen molar-refractivity contribution in [1.29, 1.82) is 0 Å². The van der Waals surface area contributed by atoms with E-state index in [1.807, 2.05) is 54.6 Å². The quantitative estimate of drug-likeness (QED) is 0.739. The smallest absolute Gasteiger partial charge is 0.323 e. The van der Waals surface area contributed by atoms with Crippen LogP contribution in [0.15, 0.2) is 54.6 Å². The number of hydrogen-bond acceptors (Lipinski definition) is 4. The molecule has 1 aliphatic heterocycles. The fraction of sp³-hybridized carbons (Fsp3) is 0.364. The molecule has 3 rings (SSSR count). The van der Waals surface area contributed by atoms with Crippen molar-refractivity contribution in [3.63, 3.8) is 0 Å². The van der Waals surface area contributed by atoms with Crippen LogP contribution in [-0.2, 0) is 27.2 Å². The molecule has 0 saturated carbocycles. The zero-order valence-electron chi connectivity index (χ0n) is 15.6. The number of nitrogens with one attached hydrogen (secondary N) is 2. The van der Waals surface area contributed by atoms with Gasteiger partial charge in [0.25, 0.3) is 0 Å². The highest BCUT2D eigenvalue weighted by Crippen LogP contribution is 2.22. The van der Waals surface area contributed by atoms with Gasteiger partial charge in [0.2, 0.25) is 5.91 Å². The zero-order valence-corrected chi connectivity index (χ0v) is 15.6. The Morgan fingerprint density at radius 2 is 1.93 bits per heavy atom. The maximum absolute atomic E-state index is 12.6. The molecule has 0 aliphatic carbocycles. The highest BCUT2D eigenvalue weighted by atomic mass is 16.5. The van der Waals surface area contributed by atoms with Crippen LogP contribution in [0.25, 0.3) is 0 Å². The minimum atomic E-state index is -0.512. The van der Waals surface area contributed by atoms with Gasteiger partial charge in [-0.3, -0.25) is 14.9 Å². The summed E-state index contributed by atoms with van der Waals surface area (Å²) in [5.74, 6) is -0.406. The molecule has 2 atom stereocenters. The summed E-state index contributed by atoms with van der Waals surface area (Å²) in [5, 5.41) is 6.22. The lowest BCUT2D eigenvalue weighted by Crippen LogP contribution is -2.49. The van der Waals surface area contributed by atoms with E-state index in [1.165, 1.54) is 0 Å². The Bertz CT molecular complexity index is 776. The van der Waals surface area contributed by atoms with Crippen molar-refractivity contribution in [2.45, 2.75) is 44.7 Å². The van der Waals surface area contributed by atoms with Crippen LogP contribution in [0, 0.1) is 0 Å². The summed E-state index contributed by atoms with van der Waals surface area (Å²) in [4.78, 5) is 25.1. The molecule has 0 spiro atoms. The number of amides is 1. The second kappa shape index (κ2) is 9.33. The molecule has 0 radical (unpaired) electrons. The van der Waals surface area contributed by atoms with E-state index in [-0.39, 0.29) is 11.9 Å². The van der Waals surface area contributed by atoms with Crippen molar-refractivity contribution in [1.82, 2.24) is 5.32 Å². The van der Waals surface area contributed by atoms with E-state index in [1.54, 1.807) is 6.92 Å². The SMILES string of the molecule is CCOC(=O)[C@@H](CCc1ccccc1)N[C@H]1CCc2ccccc2NC1=O. The number of carbonyl (C=O) groups is 2. The van der Waals surface area contributed by atoms with Crippen LogP contribution in [0.5, 0.6) is 0 Å². The molecule has 0 fully saturated rings. The number of anilines is 1. The van der Waals surface area contributed by atoms with E-state index in [0.29, 0.717) is 19.4 Å². The number of esters is 1. The van der Waals surface area contributed by atoms with Gasteiger partial charge in [-0.05, 0) is 49.8 Å². The standard InChI is InChI=1S/C22H26N2O3/c1-2-27-22(26)20(14-12-16-8-4-3-5-9-16)23-19-15-13-17-10-6-7-11-18(17)24-21(19)25/h3-11,19-20,23H,2,12-15H2,1H3,(H,24,25)/t19-,20+/m0/s1. The number of fused-ring (bicyclic) bond motifs is 1. The normalized spacial score (nSPS) is 17.4. The van der Waals surface area contributed by atoms with E-state index in [0.717, 1.165) is 29.7 Å². The predicted molar refractivity (Wildman–Crippen MR) is 106 cm³/mol. The molecule has 1 amide bonds. The van der Waals surface area contributed by atoms with Crippen molar-refractivity contribution in [2.24, 2.45) is 0 Å². The van der Waals surface area contributed by atoms with Gasteiger partial charge in [0.05, 0.1) is 12.6 Å². The van der Waals surface area contributed by atoms with E-state index in [2.05, 4.69) is 10.6 Å². The van der Waals surface area contributed by atoms with Crippen molar-refractivity contribution < 1.29 is 14.3 Å². The van der Waals surface area contributed by atoms with Crippen LogP contribution >= 0.6 is 0 Å².